The van der Waals surface area contributed by atoms with Crippen molar-refractivity contribution in [2.45, 2.75) is 6.54 Å². The number of benzene rings is 1. The van der Waals surface area contributed by atoms with E-state index in [-0.39, 0.29) is 23.4 Å². The molecule has 0 aliphatic heterocycles. The number of anilines is 1. The van der Waals surface area contributed by atoms with Gasteiger partial charge in [0.1, 0.15) is 16.8 Å². The van der Waals surface area contributed by atoms with E-state index in [0.717, 1.165) is 0 Å². The third-order valence-corrected chi connectivity index (χ3v) is 3.20. The van der Waals surface area contributed by atoms with Gasteiger partial charge in [-0.15, -0.1) is 0 Å². The highest BCUT2D eigenvalue weighted by Gasteiger charge is 2.15. The van der Waals surface area contributed by atoms with E-state index in [1.807, 2.05) is 0 Å². The number of rotatable bonds is 4. The van der Waals surface area contributed by atoms with E-state index >= 15 is 0 Å². The lowest BCUT2D eigenvalue weighted by Crippen LogP contribution is -2.26. The fraction of sp³-hybridized carbons (Fsp3) is 0.200. The van der Waals surface area contributed by atoms with Crippen LogP contribution < -0.4 is 5.32 Å². The molecule has 0 spiro atoms. The summed E-state index contributed by atoms with van der Waals surface area (Å²) in [7, 11) is 3.30. The molecule has 1 aromatic heterocycles. The minimum atomic E-state index is -0.333. The minimum absolute atomic E-state index is 0.181. The summed E-state index contributed by atoms with van der Waals surface area (Å²) in [6.45, 7) is 0.181. The molecule has 1 heterocycles. The Balaban J connectivity index is 2.20. The van der Waals surface area contributed by atoms with E-state index in [1.54, 1.807) is 38.4 Å². The first-order chi connectivity index (χ1) is 10.0. The molecule has 2 rings (SSSR count). The molecule has 1 N–H and O–H groups in total. The quantitative estimate of drug-likeness (QED) is 0.882. The van der Waals surface area contributed by atoms with E-state index in [2.05, 4.69) is 10.3 Å². The SMILES string of the molecule is CNc1cc(C(=O)N(C)Cc2ccccc2F)cc(Cl)n1. The molecular formula is C15H15ClFN3O. The second-order valence-corrected chi connectivity index (χ2v) is 4.95. The largest absolute Gasteiger partial charge is 0.373 e. The Morgan fingerprint density at radius 1 is 1.38 bits per heavy atom. The van der Waals surface area contributed by atoms with Crippen LogP contribution in [-0.4, -0.2) is 29.9 Å². The molecule has 0 saturated heterocycles. The molecule has 1 amide bonds. The molecule has 110 valence electrons. The number of aromatic nitrogens is 1. The normalized spacial score (nSPS) is 10.3. The van der Waals surface area contributed by atoms with Crippen LogP contribution in [0.2, 0.25) is 5.15 Å². The summed E-state index contributed by atoms with van der Waals surface area (Å²) in [6.07, 6.45) is 0. The summed E-state index contributed by atoms with van der Waals surface area (Å²) in [6, 6.07) is 9.46. The van der Waals surface area contributed by atoms with Gasteiger partial charge in [-0.05, 0) is 18.2 Å². The maximum Gasteiger partial charge on any atom is 0.254 e. The highest BCUT2D eigenvalue weighted by molar-refractivity contribution is 6.29. The molecule has 2 aromatic rings. The Labute approximate surface area is 127 Å². The number of nitrogens with one attached hydrogen (secondary N) is 1. The summed E-state index contributed by atoms with van der Waals surface area (Å²) >= 11 is 5.88. The fourth-order valence-electron chi connectivity index (χ4n) is 1.92. The van der Waals surface area contributed by atoms with Gasteiger partial charge in [-0.25, -0.2) is 9.37 Å². The van der Waals surface area contributed by atoms with Crippen molar-refractivity contribution >= 4 is 23.3 Å². The molecule has 0 fully saturated rings. The number of carbonyl (C=O) groups is 1. The van der Waals surface area contributed by atoms with Crippen LogP contribution in [0.15, 0.2) is 36.4 Å². The fourth-order valence-corrected chi connectivity index (χ4v) is 2.13. The van der Waals surface area contributed by atoms with Crippen LogP contribution in [0.4, 0.5) is 10.2 Å². The van der Waals surface area contributed by atoms with Crippen LogP contribution in [0.1, 0.15) is 15.9 Å². The van der Waals surface area contributed by atoms with Crippen LogP contribution in [-0.2, 0) is 6.54 Å². The summed E-state index contributed by atoms with van der Waals surface area (Å²) in [5.41, 5.74) is 0.862. The Morgan fingerprint density at radius 2 is 2.10 bits per heavy atom. The maximum absolute atomic E-state index is 13.6. The average molecular weight is 308 g/mol. The van der Waals surface area contributed by atoms with Gasteiger partial charge in [-0.1, -0.05) is 29.8 Å². The first-order valence-electron chi connectivity index (χ1n) is 6.35. The summed E-state index contributed by atoms with van der Waals surface area (Å²) in [5, 5.41) is 3.06. The zero-order valence-corrected chi connectivity index (χ0v) is 12.5. The Morgan fingerprint density at radius 3 is 2.76 bits per heavy atom. The number of amides is 1. The molecule has 0 radical (unpaired) electrons. The highest BCUT2D eigenvalue weighted by Crippen LogP contribution is 2.17. The van der Waals surface area contributed by atoms with Crippen LogP contribution >= 0.6 is 11.6 Å². The molecule has 0 saturated carbocycles. The number of halogens is 2. The predicted octanol–water partition coefficient (Wildman–Crippen LogP) is 3.19. The van der Waals surface area contributed by atoms with Gasteiger partial charge < -0.3 is 10.2 Å². The third-order valence-electron chi connectivity index (χ3n) is 3.01. The molecule has 6 heteroatoms. The maximum atomic E-state index is 13.6. The average Bonchev–Trinajstić information content (AvgIpc) is 2.48. The molecule has 0 bridgehead atoms. The molecule has 1 aromatic carbocycles. The number of carbonyl (C=O) groups excluding carboxylic acids is 1. The summed E-state index contributed by atoms with van der Waals surface area (Å²) in [4.78, 5) is 17.8. The van der Waals surface area contributed by atoms with Gasteiger partial charge in [0.2, 0.25) is 0 Å². The second-order valence-electron chi connectivity index (χ2n) is 4.57. The van der Waals surface area contributed by atoms with E-state index in [4.69, 9.17) is 11.6 Å². The van der Waals surface area contributed by atoms with E-state index < -0.39 is 0 Å². The van der Waals surface area contributed by atoms with Crippen LogP contribution in [0.3, 0.4) is 0 Å². The zero-order valence-electron chi connectivity index (χ0n) is 11.7. The van der Waals surface area contributed by atoms with Gasteiger partial charge in [0.15, 0.2) is 0 Å². The molecule has 0 unspecified atom stereocenters. The van der Waals surface area contributed by atoms with Gasteiger partial charge in [0.05, 0.1) is 0 Å². The zero-order chi connectivity index (χ0) is 15.4. The molecule has 0 atom stereocenters. The number of hydrogen-bond acceptors (Lipinski definition) is 3. The first-order valence-corrected chi connectivity index (χ1v) is 6.73. The molecular weight excluding hydrogens is 293 g/mol. The lowest BCUT2D eigenvalue weighted by atomic mass is 10.2. The number of nitrogens with zero attached hydrogens (tertiary/aromatic N) is 2. The monoisotopic (exact) mass is 307 g/mol. The smallest absolute Gasteiger partial charge is 0.254 e. The Kier molecular flexibility index (Phi) is 4.75. The minimum Gasteiger partial charge on any atom is -0.373 e. The standard InChI is InChI=1S/C15H15ClFN3O/c1-18-14-8-11(7-13(16)19-14)15(21)20(2)9-10-5-3-4-6-12(10)17/h3-8H,9H2,1-2H3,(H,18,19). The van der Waals surface area contributed by atoms with Gasteiger partial charge in [-0.2, -0.15) is 0 Å². The summed E-state index contributed by atoms with van der Waals surface area (Å²) in [5.74, 6) is -0.0787. The second kappa shape index (κ2) is 6.54. The molecule has 0 aliphatic rings. The summed E-state index contributed by atoms with van der Waals surface area (Å²) < 4.78 is 13.6. The highest BCUT2D eigenvalue weighted by atomic mass is 35.5. The van der Waals surface area contributed by atoms with Gasteiger partial charge in [0.25, 0.3) is 5.91 Å². The predicted molar refractivity (Wildman–Crippen MR) is 81.0 cm³/mol. The molecule has 4 nitrogen and oxygen atoms in total. The van der Waals surface area contributed by atoms with Crippen molar-refractivity contribution in [1.82, 2.24) is 9.88 Å². The van der Waals surface area contributed by atoms with Crippen LogP contribution in [0, 0.1) is 5.82 Å². The van der Waals surface area contributed by atoms with Gasteiger partial charge in [-0.3, -0.25) is 4.79 Å². The van der Waals surface area contributed by atoms with Crippen molar-refractivity contribution < 1.29 is 9.18 Å². The van der Waals surface area contributed by atoms with Crippen molar-refractivity contribution in [1.29, 1.82) is 0 Å². The Hall–Kier alpha value is -2.14. The lowest BCUT2D eigenvalue weighted by molar-refractivity contribution is 0.0784. The van der Waals surface area contributed by atoms with E-state index in [0.29, 0.717) is 16.9 Å². The number of hydrogen-bond donors (Lipinski definition) is 1. The van der Waals surface area contributed by atoms with E-state index in [1.165, 1.54) is 17.0 Å². The molecule has 0 aliphatic carbocycles. The van der Waals surface area contributed by atoms with Crippen molar-refractivity contribution in [3.8, 4) is 0 Å². The van der Waals surface area contributed by atoms with Crippen LogP contribution in [0.25, 0.3) is 0 Å². The number of pyridine rings is 1. The van der Waals surface area contributed by atoms with Crippen molar-refractivity contribution in [2.24, 2.45) is 0 Å². The van der Waals surface area contributed by atoms with E-state index in [9.17, 15) is 9.18 Å². The molecule has 21 heavy (non-hydrogen) atoms. The van der Waals surface area contributed by atoms with Gasteiger partial charge in [0, 0.05) is 31.8 Å². The third kappa shape index (κ3) is 3.70. The first kappa shape index (κ1) is 15.3. The van der Waals surface area contributed by atoms with Crippen molar-refractivity contribution in [3.05, 3.63) is 58.5 Å². The lowest BCUT2D eigenvalue weighted by Gasteiger charge is -2.18. The Bertz CT molecular complexity index is 663. The van der Waals surface area contributed by atoms with Gasteiger partial charge >= 0.3 is 0 Å². The topological polar surface area (TPSA) is 45.2 Å². The van der Waals surface area contributed by atoms with Crippen LogP contribution in [0.5, 0.6) is 0 Å². The van der Waals surface area contributed by atoms with Crippen molar-refractivity contribution in [3.63, 3.8) is 0 Å². The van der Waals surface area contributed by atoms with Crippen molar-refractivity contribution in [2.75, 3.05) is 19.4 Å².